The number of nitrogen functional groups attached to an aromatic ring is 1. The lowest BCUT2D eigenvalue weighted by Gasteiger charge is -2.20. The van der Waals surface area contributed by atoms with Crippen LogP contribution in [0, 0.1) is 5.92 Å². The number of methoxy groups -OCH3 is 1. The third-order valence-electron chi connectivity index (χ3n) is 2.79. The Bertz CT molecular complexity index is 603. The molecule has 0 aromatic heterocycles. The first-order chi connectivity index (χ1) is 9.20. The Morgan fingerprint density at radius 2 is 2.10 bits per heavy atom. The van der Waals surface area contributed by atoms with Gasteiger partial charge in [0.1, 0.15) is 4.90 Å². The monoisotopic (exact) mass is 364 g/mol. The highest BCUT2D eigenvalue weighted by molar-refractivity contribution is 9.10. The fourth-order valence-corrected chi connectivity index (χ4v) is 3.41. The van der Waals surface area contributed by atoms with Gasteiger partial charge >= 0.3 is 5.97 Å². The fourth-order valence-electron chi connectivity index (χ4n) is 1.68. The molecule has 0 bridgehead atoms. The van der Waals surface area contributed by atoms with Crippen molar-refractivity contribution in [3.8, 4) is 0 Å². The number of esters is 1. The first-order valence-electron chi connectivity index (χ1n) is 5.79. The lowest BCUT2D eigenvalue weighted by Crippen LogP contribution is -2.34. The van der Waals surface area contributed by atoms with Gasteiger partial charge in [-0.1, -0.05) is 22.9 Å². The number of hydrogen-bond donors (Lipinski definition) is 1. The van der Waals surface area contributed by atoms with Crippen molar-refractivity contribution in [2.24, 2.45) is 5.92 Å². The Labute approximate surface area is 127 Å². The minimum absolute atomic E-state index is 0.0141. The van der Waals surface area contributed by atoms with Crippen LogP contribution < -0.4 is 5.73 Å². The minimum Gasteiger partial charge on any atom is -0.469 e. The highest BCUT2D eigenvalue weighted by Crippen LogP contribution is 2.25. The van der Waals surface area contributed by atoms with Gasteiger partial charge in [0.25, 0.3) is 0 Å². The molecule has 0 aliphatic heterocycles. The third-order valence-corrected chi connectivity index (χ3v) is 5.19. The van der Waals surface area contributed by atoms with Crippen molar-refractivity contribution in [1.82, 2.24) is 4.31 Å². The summed E-state index contributed by atoms with van der Waals surface area (Å²) in [5.74, 6) is -1.02. The third kappa shape index (κ3) is 3.71. The van der Waals surface area contributed by atoms with E-state index in [4.69, 9.17) is 5.73 Å². The second-order valence-electron chi connectivity index (χ2n) is 4.39. The Morgan fingerprint density at radius 3 is 2.60 bits per heavy atom. The Balaban J connectivity index is 3.01. The predicted octanol–water partition coefficient (Wildman–Crippen LogP) is 1.46. The van der Waals surface area contributed by atoms with E-state index in [9.17, 15) is 13.2 Å². The van der Waals surface area contributed by atoms with Gasteiger partial charge in [-0.25, -0.2) is 12.7 Å². The molecule has 1 atom stereocenters. The summed E-state index contributed by atoms with van der Waals surface area (Å²) >= 11 is 3.22. The van der Waals surface area contributed by atoms with Gasteiger partial charge in [0.05, 0.1) is 18.7 Å². The summed E-state index contributed by atoms with van der Waals surface area (Å²) in [5.41, 5.74) is 5.88. The normalized spacial score (nSPS) is 13.2. The van der Waals surface area contributed by atoms with Crippen LogP contribution in [0.2, 0.25) is 0 Å². The number of hydrogen-bond acceptors (Lipinski definition) is 5. The van der Waals surface area contributed by atoms with Crippen molar-refractivity contribution >= 4 is 37.6 Å². The number of nitrogens with two attached hydrogens (primary N) is 1. The highest BCUT2D eigenvalue weighted by atomic mass is 79.9. The molecule has 0 aliphatic carbocycles. The number of benzene rings is 1. The lowest BCUT2D eigenvalue weighted by atomic mass is 10.2. The second-order valence-corrected chi connectivity index (χ2v) is 7.32. The van der Waals surface area contributed by atoms with Crippen molar-refractivity contribution in [2.75, 3.05) is 26.4 Å². The Morgan fingerprint density at radius 1 is 1.50 bits per heavy atom. The first kappa shape index (κ1) is 16.9. The first-order valence-corrected chi connectivity index (χ1v) is 8.02. The number of sulfonamides is 1. The van der Waals surface area contributed by atoms with E-state index in [1.165, 1.54) is 26.3 Å². The molecule has 20 heavy (non-hydrogen) atoms. The maximum Gasteiger partial charge on any atom is 0.309 e. The largest absolute Gasteiger partial charge is 0.469 e. The van der Waals surface area contributed by atoms with E-state index in [-0.39, 0.29) is 17.1 Å². The summed E-state index contributed by atoms with van der Waals surface area (Å²) in [6, 6.07) is 4.54. The van der Waals surface area contributed by atoms with Crippen LogP contribution in [0.3, 0.4) is 0 Å². The number of ether oxygens (including phenoxy) is 1. The molecule has 8 heteroatoms. The topological polar surface area (TPSA) is 89.7 Å². The standard InChI is InChI=1S/C12H17BrN2O4S/c1-8(12(16)19-3)7-15(2)20(17,18)11-5-4-9(13)6-10(11)14/h4-6,8H,7,14H2,1-3H3. The van der Waals surface area contributed by atoms with E-state index < -0.39 is 21.9 Å². The predicted molar refractivity (Wildman–Crippen MR) is 79.6 cm³/mol. The Kier molecular flexibility index (Phi) is 5.55. The van der Waals surface area contributed by atoms with E-state index in [0.717, 1.165) is 4.31 Å². The molecule has 0 fully saturated rings. The molecule has 1 rings (SSSR count). The van der Waals surface area contributed by atoms with Crippen LogP contribution in [0.15, 0.2) is 27.6 Å². The summed E-state index contributed by atoms with van der Waals surface area (Å²) in [7, 11) is -1.08. The number of halogens is 1. The van der Waals surface area contributed by atoms with Crippen molar-refractivity contribution in [3.05, 3.63) is 22.7 Å². The minimum atomic E-state index is -3.74. The molecule has 0 spiro atoms. The fraction of sp³-hybridized carbons (Fsp3) is 0.417. The van der Waals surface area contributed by atoms with E-state index >= 15 is 0 Å². The summed E-state index contributed by atoms with van der Waals surface area (Å²) in [6.45, 7) is 1.62. The van der Waals surface area contributed by atoms with Crippen molar-refractivity contribution < 1.29 is 17.9 Å². The average molecular weight is 365 g/mol. The molecule has 0 aliphatic rings. The molecular formula is C12H17BrN2O4S. The second kappa shape index (κ2) is 6.55. The molecule has 1 unspecified atom stereocenters. The van der Waals surface area contributed by atoms with E-state index in [1.807, 2.05) is 0 Å². The molecule has 6 nitrogen and oxygen atoms in total. The molecule has 0 heterocycles. The molecule has 0 saturated carbocycles. The van der Waals surface area contributed by atoms with E-state index in [1.54, 1.807) is 13.0 Å². The van der Waals surface area contributed by atoms with E-state index in [2.05, 4.69) is 20.7 Å². The Hall–Kier alpha value is -1.12. The van der Waals surface area contributed by atoms with Crippen molar-refractivity contribution in [3.63, 3.8) is 0 Å². The molecule has 0 radical (unpaired) electrons. The SMILES string of the molecule is COC(=O)C(C)CN(C)S(=O)(=O)c1ccc(Br)cc1N. The zero-order valence-electron chi connectivity index (χ0n) is 11.5. The number of carbonyl (C=O) groups excluding carboxylic acids is 1. The smallest absolute Gasteiger partial charge is 0.309 e. The van der Waals surface area contributed by atoms with Crippen LogP contribution in [0.5, 0.6) is 0 Å². The van der Waals surface area contributed by atoms with Gasteiger partial charge in [0.15, 0.2) is 0 Å². The molecule has 0 amide bonds. The number of rotatable bonds is 5. The maximum atomic E-state index is 12.4. The van der Waals surface area contributed by atoms with Crippen LogP contribution in [0.25, 0.3) is 0 Å². The van der Waals surface area contributed by atoms with Crippen molar-refractivity contribution in [2.45, 2.75) is 11.8 Å². The summed E-state index contributed by atoms with van der Waals surface area (Å²) in [4.78, 5) is 11.4. The molecular weight excluding hydrogens is 348 g/mol. The van der Waals surface area contributed by atoms with Crippen LogP contribution in [0.4, 0.5) is 5.69 Å². The molecule has 112 valence electrons. The molecule has 2 N–H and O–H groups in total. The summed E-state index contributed by atoms with van der Waals surface area (Å²) in [5, 5.41) is 0. The van der Waals surface area contributed by atoms with Gasteiger partial charge in [-0.05, 0) is 18.2 Å². The lowest BCUT2D eigenvalue weighted by molar-refractivity contribution is -0.144. The van der Waals surface area contributed by atoms with Crippen molar-refractivity contribution in [1.29, 1.82) is 0 Å². The van der Waals surface area contributed by atoms with Gasteiger partial charge in [0.2, 0.25) is 10.0 Å². The number of anilines is 1. The molecule has 1 aromatic carbocycles. The van der Waals surface area contributed by atoms with Gasteiger partial charge in [-0.2, -0.15) is 0 Å². The van der Waals surface area contributed by atoms with Gasteiger partial charge in [-0.3, -0.25) is 4.79 Å². The van der Waals surface area contributed by atoms with Gasteiger partial charge < -0.3 is 10.5 Å². The molecule has 1 aromatic rings. The zero-order chi connectivity index (χ0) is 15.5. The van der Waals surface area contributed by atoms with Crippen LogP contribution >= 0.6 is 15.9 Å². The van der Waals surface area contributed by atoms with Crippen LogP contribution in [-0.4, -0.2) is 39.4 Å². The number of carbonyl (C=O) groups is 1. The van der Waals surface area contributed by atoms with Crippen LogP contribution in [-0.2, 0) is 19.6 Å². The number of nitrogens with zero attached hydrogens (tertiary/aromatic N) is 1. The quantitative estimate of drug-likeness (QED) is 0.630. The van der Waals surface area contributed by atoms with Crippen LogP contribution in [0.1, 0.15) is 6.92 Å². The van der Waals surface area contributed by atoms with Gasteiger partial charge in [-0.15, -0.1) is 0 Å². The van der Waals surface area contributed by atoms with E-state index in [0.29, 0.717) is 4.47 Å². The summed E-state index contributed by atoms with van der Waals surface area (Å²) in [6.07, 6.45) is 0. The van der Waals surface area contributed by atoms with Gasteiger partial charge in [0, 0.05) is 18.1 Å². The average Bonchev–Trinajstić information content (AvgIpc) is 2.36. The highest BCUT2D eigenvalue weighted by Gasteiger charge is 2.27. The molecule has 0 saturated heterocycles. The zero-order valence-corrected chi connectivity index (χ0v) is 13.9. The maximum absolute atomic E-state index is 12.4. The summed E-state index contributed by atoms with van der Waals surface area (Å²) < 4.78 is 31.1.